The van der Waals surface area contributed by atoms with Gasteiger partial charge in [-0.15, -0.1) is 0 Å². The number of hydrogen-bond acceptors (Lipinski definition) is 4. The highest BCUT2D eigenvalue weighted by Gasteiger charge is 2.34. The highest BCUT2D eigenvalue weighted by atomic mass is 35.5. The molecule has 0 unspecified atom stereocenters. The van der Waals surface area contributed by atoms with E-state index in [9.17, 15) is 4.79 Å². The Morgan fingerprint density at radius 1 is 1.48 bits per heavy atom. The van der Waals surface area contributed by atoms with Crippen LogP contribution in [0.5, 0.6) is 0 Å². The zero-order chi connectivity index (χ0) is 15.0. The third-order valence-corrected chi connectivity index (χ3v) is 4.00. The van der Waals surface area contributed by atoms with Crippen LogP contribution in [0.1, 0.15) is 47.5 Å². The molecule has 3 rings (SSSR count). The van der Waals surface area contributed by atoms with Crippen molar-refractivity contribution in [3.8, 4) is 11.5 Å². The van der Waals surface area contributed by atoms with Crippen LogP contribution in [0.3, 0.4) is 0 Å². The predicted octanol–water partition coefficient (Wildman–Crippen LogP) is 4.36. The lowest BCUT2D eigenvalue weighted by Gasteiger charge is -2.02. The topological polar surface area (TPSA) is 52.3 Å². The van der Waals surface area contributed by atoms with E-state index in [0.29, 0.717) is 34.7 Å². The van der Waals surface area contributed by atoms with E-state index < -0.39 is 5.97 Å². The summed E-state index contributed by atoms with van der Waals surface area (Å²) < 4.78 is 10.7. The van der Waals surface area contributed by atoms with Crippen LogP contribution in [0.4, 0.5) is 0 Å². The molecule has 0 spiro atoms. The minimum Gasteiger partial charge on any atom is -0.460 e. The van der Waals surface area contributed by atoms with Gasteiger partial charge in [-0.25, -0.2) is 9.78 Å². The number of benzene rings is 1. The van der Waals surface area contributed by atoms with E-state index in [-0.39, 0.29) is 5.76 Å². The van der Waals surface area contributed by atoms with Crippen LogP contribution in [-0.4, -0.2) is 17.6 Å². The summed E-state index contributed by atoms with van der Waals surface area (Å²) in [6.07, 6.45) is 2.06. The first-order chi connectivity index (χ1) is 10.1. The number of oxazole rings is 1. The standard InChI is InChI=1S/C16H16ClNO3/c1-3-20-16(19)14-13(10-7-8-10)18-15(21-14)11-6-4-5-9(2)12(11)17/h4-6,10H,3,7-8H2,1-2H3. The Balaban J connectivity index is 2.06. The molecule has 1 heterocycles. The lowest BCUT2D eigenvalue weighted by molar-refractivity contribution is 0.0489. The van der Waals surface area contributed by atoms with Crippen molar-refractivity contribution in [1.82, 2.24) is 4.98 Å². The van der Waals surface area contributed by atoms with Gasteiger partial charge in [-0.1, -0.05) is 23.7 Å². The van der Waals surface area contributed by atoms with Crippen molar-refractivity contribution in [3.63, 3.8) is 0 Å². The minimum absolute atomic E-state index is 0.215. The normalized spacial score (nSPS) is 14.2. The molecule has 1 aromatic heterocycles. The third kappa shape index (κ3) is 2.68. The Labute approximate surface area is 128 Å². The van der Waals surface area contributed by atoms with Crippen molar-refractivity contribution >= 4 is 17.6 Å². The van der Waals surface area contributed by atoms with E-state index in [2.05, 4.69) is 4.98 Å². The first-order valence-electron chi connectivity index (χ1n) is 7.05. The van der Waals surface area contributed by atoms with E-state index in [1.165, 1.54) is 0 Å². The maximum Gasteiger partial charge on any atom is 0.376 e. The van der Waals surface area contributed by atoms with E-state index in [0.717, 1.165) is 18.4 Å². The monoisotopic (exact) mass is 305 g/mol. The molecule has 2 aromatic rings. The van der Waals surface area contributed by atoms with Crippen LogP contribution in [0.25, 0.3) is 11.5 Å². The van der Waals surface area contributed by atoms with Crippen LogP contribution in [0, 0.1) is 6.92 Å². The van der Waals surface area contributed by atoms with Crippen LogP contribution >= 0.6 is 11.6 Å². The molecule has 1 aliphatic carbocycles. The Bertz CT molecular complexity index is 689. The van der Waals surface area contributed by atoms with Crippen LogP contribution in [-0.2, 0) is 4.74 Å². The van der Waals surface area contributed by atoms with Crippen molar-refractivity contribution < 1.29 is 13.9 Å². The summed E-state index contributed by atoms with van der Waals surface area (Å²) in [5.74, 6) is 0.438. The Morgan fingerprint density at radius 3 is 2.90 bits per heavy atom. The van der Waals surface area contributed by atoms with Crippen LogP contribution < -0.4 is 0 Å². The number of halogens is 1. The van der Waals surface area contributed by atoms with Crippen molar-refractivity contribution in [2.24, 2.45) is 0 Å². The van der Waals surface area contributed by atoms with Gasteiger partial charge in [0.15, 0.2) is 0 Å². The van der Waals surface area contributed by atoms with Gasteiger partial charge >= 0.3 is 5.97 Å². The zero-order valence-corrected chi connectivity index (χ0v) is 12.7. The van der Waals surface area contributed by atoms with Gasteiger partial charge < -0.3 is 9.15 Å². The SMILES string of the molecule is CCOC(=O)c1oc(-c2cccc(C)c2Cl)nc1C1CC1. The summed E-state index contributed by atoms with van der Waals surface area (Å²) in [4.78, 5) is 16.5. The van der Waals surface area contributed by atoms with Gasteiger partial charge in [0, 0.05) is 5.92 Å². The summed E-state index contributed by atoms with van der Waals surface area (Å²) in [6, 6.07) is 5.65. The highest BCUT2D eigenvalue weighted by Crippen LogP contribution is 2.43. The smallest absolute Gasteiger partial charge is 0.376 e. The molecule has 0 bridgehead atoms. The summed E-state index contributed by atoms with van der Waals surface area (Å²) in [7, 11) is 0. The van der Waals surface area contributed by atoms with E-state index >= 15 is 0 Å². The second-order valence-electron chi connectivity index (χ2n) is 5.16. The van der Waals surface area contributed by atoms with Gasteiger partial charge in [0.1, 0.15) is 0 Å². The van der Waals surface area contributed by atoms with Gasteiger partial charge in [0.2, 0.25) is 11.7 Å². The summed E-state index contributed by atoms with van der Waals surface area (Å²) in [5, 5.41) is 0.594. The molecule has 1 aliphatic rings. The molecule has 110 valence electrons. The number of carbonyl (C=O) groups excluding carboxylic acids is 1. The third-order valence-electron chi connectivity index (χ3n) is 3.50. The highest BCUT2D eigenvalue weighted by molar-refractivity contribution is 6.33. The number of aryl methyl sites for hydroxylation is 1. The molecule has 5 heteroatoms. The molecule has 4 nitrogen and oxygen atoms in total. The fourth-order valence-electron chi connectivity index (χ4n) is 2.24. The van der Waals surface area contributed by atoms with E-state index in [1.807, 2.05) is 25.1 Å². The first kappa shape index (κ1) is 14.1. The number of carbonyl (C=O) groups is 1. The second-order valence-corrected chi connectivity index (χ2v) is 5.54. The molecule has 0 aliphatic heterocycles. The zero-order valence-electron chi connectivity index (χ0n) is 12.0. The molecule has 1 aromatic carbocycles. The fraction of sp³-hybridized carbons (Fsp3) is 0.375. The Kier molecular flexibility index (Phi) is 3.72. The van der Waals surface area contributed by atoms with Crippen molar-refractivity contribution in [2.75, 3.05) is 6.61 Å². The first-order valence-corrected chi connectivity index (χ1v) is 7.43. The molecule has 0 saturated heterocycles. The molecule has 0 N–H and O–H groups in total. The molecule has 0 amide bonds. The lowest BCUT2D eigenvalue weighted by atomic mass is 10.1. The molecule has 1 saturated carbocycles. The number of nitrogens with zero attached hydrogens (tertiary/aromatic N) is 1. The molecular weight excluding hydrogens is 290 g/mol. The predicted molar refractivity (Wildman–Crippen MR) is 79.6 cm³/mol. The number of hydrogen-bond donors (Lipinski definition) is 0. The van der Waals surface area contributed by atoms with Crippen molar-refractivity contribution in [3.05, 3.63) is 40.2 Å². The fourth-order valence-corrected chi connectivity index (χ4v) is 2.44. The maximum atomic E-state index is 12.0. The number of esters is 1. The summed E-state index contributed by atoms with van der Waals surface area (Å²) in [6.45, 7) is 4.00. The largest absolute Gasteiger partial charge is 0.460 e. The minimum atomic E-state index is -0.457. The number of aromatic nitrogens is 1. The maximum absolute atomic E-state index is 12.0. The van der Waals surface area contributed by atoms with Gasteiger partial charge in [0.25, 0.3) is 0 Å². The van der Waals surface area contributed by atoms with E-state index in [1.54, 1.807) is 6.92 Å². The van der Waals surface area contributed by atoms with Gasteiger partial charge in [-0.3, -0.25) is 0 Å². The number of rotatable bonds is 4. The second kappa shape index (κ2) is 5.53. The molecular formula is C16H16ClNO3. The summed E-state index contributed by atoms with van der Waals surface area (Å²) >= 11 is 6.31. The summed E-state index contributed by atoms with van der Waals surface area (Å²) in [5.41, 5.74) is 2.34. The molecule has 0 atom stereocenters. The number of ether oxygens (including phenoxy) is 1. The average Bonchev–Trinajstić information content (AvgIpc) is 3.21. The quantitative estimate of drug-likeness (QED) is 0.788. The Hall–Kier alpha value is -1.81. The van der Waals surface area contributed by atoms with E-state index in [4.69, 9.17) is 20.8 Å². The van der Waals surface area contributed by atoms with Crippen LogP contribution in [0.15, 0.2) is 22.6 Å². The molecule has 1 fully saturated rings. The van der Waals surface area contributed by atoms with Crippen LogP contribution in [0.2, 0.25) is 5.02 Å². The van der Waals surface area contributed by atoms with Gasteiger partial charge in [-0.2, -0.15) is 0 Å². The van der Waals surface area contributed by atoms with Gasteiger partial charge in [-0.05, 0) is 38.3 Å². The van der Waals surface area contributed by atoms with Crippen molar-refractivity contribution in [2.45, 2.75) is 32.6 Å². The Morgan fingerprint density at radius 2 is 2.24 bits per heavy atom. The average molecular weight is 306 g/mol. The molecule has 0 radical (unpaired) electrons. The molecule has 21 heavy (non-hydrogen) atoms. The van der Waals surface area contributed by atoms with Gasteiger partial charge in [0.05, 0.1) is 22.9 Å². The van der Waals surface area contributed by atoms with Crippen molar-refractivity contribution in [1.29, 1.82) is 0 Å². The lowest BCUT2D eigenvalue weighted by Crippen LogP contribution is -2.05.